The van der Waals surface area contributed by atoms with Crippen LogP contribution < -0.4 is 5.73 Å². The molecule has 1 aromatic rings. The predicted octanol–water partition coefficient (Wildman–Crippen LogP) is 3.79. The second kappa shape index (κ2) is 7.80. The van der Waals surface area contributed by atoms with Crippen LogP contribution in [-0.2, 0) is 6.54 Å². The Morgan fingerprint density at radius 1 is 1.10 bits per heavy atom. The van der Waals surface area contributed by atoms with Gasteiger partial charge < -0.3 is 5.73 Å². The van der Waals surface area contributed by atoms with E-state index in [2.05, 4.69) is 36.9 Å². The Hall–Kier alpha value is -0.860. The Bertz CT molecular complexity index is 408. The van der Waals surface area contributed by atoms with Gasteiger partial charge >= 0.3 is 0 Å². The highest BCUT2D eigenvalue weighted by Gasteiger charge is 2.20. The van der Waals surface area contributed by atoms with E-state index in [1.807, 2.05) is 0 Å². The lowest BCUT2D eigenvalue weighted by molar-refractivity contribution is 0.147. The monoisotopic (exact) mass is 274 g/mol. The van der Waals surface area contributed by atoms with Crippen LogP contribution in [0.2, 0.25) is 0 Å². The molecule has 1 saturated carbocycles. The van der Waals surface area contributed by atoms with Gasteiger partial charge in [0.1, 0.15) is 0 Å². The molecule has 0 bridgehead atoms. The third-order valence-electron chi connectivity index (χ3n) is 4.70. The Morgan fingerprint density at radius 3 is 2.50 bits per heavy atom. The fourth-order valence-corrected chi connectivity index (χ4v) is 3.27. The van der Waals surface area contributed by atoms with Crippen LogP contribution >= 0.6 is 0 Å². The summed E-state index contributed by atoms with van der Waals surface area (Å²) < 4.78 is 0. The van der Waals surface area contributed by atoms with Gasteiger partial charge in [0, 0.05) is 12.6 Å². The number of benzene rings is 1. The van der Waals surface area contributed by atoms with E-state index in [0.717, 1.165) is 32.1 Å². The van der Waals surface area contributed by atoms with Crippen molar-refractivity contribution in [3.63, 3.8) is 0 Å². The number of rotatable bonds is 6. The molecule has 2 rings (SSSR count). The van der Waals surface area contributed by atoms with Gasteiger partial charge in [0.15, 0.2) is 0 Å². The standard InChI is InChI=1S/C18H30N2/c1-15-9-10-17(13-16(15)2)14-20(12-6-11-19)18-7-4-3-5-8-18/h9-10,13,18H,3-8,11-12,14,19H2,1-2H3. The maximum atomic E-state index is 5.72. The van der Waals surface area contributed by atoms with Gasteiger partial charge in [0.2, 0.25) is 0 Å². The first-order chi connectivity index (χ1) is 9.70. The highest BCUT2D eigenvalue weighted by Crippen LogP contribution is 2.24. The maximum absolute atomic E-state index is 5.72. The van der Waals surface area contributed by atoms with E-state index in [4.69, 9.17) is 5.73 Å². The predicted molar refractivity (Wildman–Crippen MR) is 86.9 cm³/mol. The van der Waals surface area contributed by atoms with Crippen molar-refractivity contribution in [1.29, 1.82) is 0 Å². The van der Waals surface area contributed by atoms with Crippen molar-refractivity contribution in [3.05, 3.63) is 34.9 Å². The zero-order valence-corrected chi connectivity index (χ0v) is 13.2. The molecule has 1 aliphatic rings. The van der Waals surface area contributed by atoms with Gasteiger partial charge in [-0.1, -0.05) is 37.5 Å². The third kappa shape index (κ3) is 4.32. The van der Waals surface area contributed by atoms with E-state index in [-0.39, 0.29) is 0 Å². The van der Waals surface area contributed by atoms with Crippen LogP contribution in [0.5, 0.6) is 0 Å². The molecular formula is C18H30N2. The average Bonchev–Trinajstić information content (AvgIpc) is 2.48. The summed E-state index contributed by atoms with van der Waals surface area (Å²) in [6.45, 7) is 7.44. The van der Waals surface area contributed by atoms with E-state index >= 15 is 0 Å². The van der Waals surface area contributed by atoms with Crippen LogP contribution in [0, 0.1) is 13.8 Å². The highest BCUT2D eigenvalue weighted by atomic mass is 15.2. The Labute approximate surface area is 124 Å². The molecule has 0 spiro atoms. The van der Waals surface area contributed by atoms with E-state index < -0.39 is 0 Å². The fourth-order valence-electron chi connectivity index (χ4n) is 3.27. The summed E-state index contributed by atoms with van der Waals surface area (Å²) in [6, 6.07) is 7.68. The lowest BCUT2D eigenvalue weighted by Crippen LogP contribution is -2.37. The van der Waals surface area contributed by atoms with Crippen molar-refractivity contribution in [1.82, 2.24) is 4.90 Å². The molecule has 0 unspecified atom stereocenters. The smallest absolute Gasteiger partial charge is 0.0236 e. The van der Waals surface area contributed by atoms with Crippen molar-refractivity contribution in [3.8, 4) is 0 Å². The Kier molecular flexibility index (Phi) is 6.06. The van der Waals surface area contributed by atoms with E-state index in [0.29, 0.717) is 0 Å². The van der Waals surface area contributed by atoms with Crippen molar-refractivity contribution in [2.45, 2.75) is 65.0 Å². The Balaban J connectivity index is 2.03. The number of hydrogen-bond donors (Lipinski definition) is 1. The zero-order chi connectivity index (χ0) is 14.4. The first-order valence-corrected chi connectivity index (χ1v) is 8.21. The first kappa shape index (κ1) is 15.5. The molecule has 0 heterocycles. The van der Waals surface area contributed by atoms with E-state index in [1.54, 1.807) is 0 Å². The molecule has 2 nitrogen and oxygen atoms in total. The minimum Gasteiger partial charge on any atom is -0.330 e. The molecule has 20 heavy (non-hydrogen) atoms. The zero-order valence-electron chi connectivity index (χ0n) is 13.2. The highest BCUT2D eigenvalue weighted by molar-refractivity contribution is 5.29. The molecule has 0 amide bonds. The van der Waals surface area contributed by atoms with Crippen LogP contribution in [-0.4, -0.2) is 24.0 Å². The SMILES string of the molecule is Cc1ccc(CN(CCCN)C2CCCCC2)cc1C. The first-order valence-electron chi connectivity index (χ1n) is 8.21. The van der Waals surface area contributed by atoms with Gasteiger partial charge in [-0.05, 0) is 62.9 Å². The second-order valence-corrected chi connectivity index (χ2v) is 6.32. The number of nitrogens with two attached hydrogens (primary N) is 1. The van der Waals surface area contributed by atoms with Crippen LogP contribution in [0.25, 0.3) is 0 Å². The molecule has 2 N–H and O–H groups in total. The molecule has 0 aromatic heterocycles. The maximum Gasteiger partial charge on any atom is 0.0236 e. The fraction of sp³-hybridized carbons (Fsp3) is 0.667. The quantitative estimate of drug-likeness (QED) is 0.855. The van der Waals surface area contributed by atoms with Crippen molar-refractivity contribution in [2.75, 3.05) is 13.1 Å². The molecule has 112 valence electrons. The third-order valence-corrected chi connectivity index (χ3v) is 4.70. The molecule has 1 fully saturated rings. The van der Waals surface area contributed by atoms with Gasteiger partial charge in [-0.15, -0.1) is 0 Å². The van der Waals surface area contributed by atoms with Crippen molar-refractivity contribution in [2.24, 2.45) is 5.73 Å². The topological polar surface area (TPSA) is 29.3 Å². The average molecular weight is 274 g/mol. The largest absolute Gasteiger partial charge is 0.330 e. The van der Waals surface area contributed by atoms with Crippen LogP contribution in [0.4, 0.5) is 0 Å². The lowest BCUT2D eigenvalue weighted by Gasteiger charge is -2.34. The van der Waals surface area contributed by atoms with Gasteiger partial charge in [-0.2, -0.15) is 0 Å². The molecule has 2 heteroatoms. The molecule has 1 aliphatic carbocycles. The lowest BCUT2D eigenvalue weighted by atomic mass is 9.93. The van der Waals surface area contributed by atoms with Gasteiger partial charge in [-0.3, -0.25) is 4.90 Å². The van der Waals surface area contributed by atoms with Gasteiger partial charge in [-0.25, -0.2) is 0 Å². The molecule has 0 radical (unpaired) electrons. The Morgan fingerprint density at radius 2 is 1.85 bits per heavy atom. The number of hydrogen-bond acceptors (Lipinski definition) is 2. The van der Waals surface area contributed by atoms with Crippen molar-refractivity contribution >= 4 is 0 Å². The summed E-state index contributed by atoms with van der Waals surface area (Å²) in [5, 5.41) is 0. The summed E-state index contributed by atoms with van der Waals surface area (Å²) in [5.74, 6) is 0. The van der Waals surface area contributed by atoms with Crippen LogP contribution in [0.3, 0.4) is 0 Å². The summed E-state index contributed by atoms with van der Waals surface area (Å²) in [5.41, 5.74) is 9.97. The van der Waals surface area contributed by atoms with Crippen molar-refractivity contribution < 1.29 is 0 Å². The number of aryl methyl sites for hydroxylation is 2. The normalized spacial score (nSPS) is 16.8. The van der Waals surface area contributed by atoms with Gasteiger partial charge in [0.05, 0.1) is 0 Å². The van der Waals surface area contributed by atoms with E-state index in [9.17, 15) is 0 Å². The van der Waals surface area contributed by atoms with E-state index in [1.165, 1.54) is 48.8 Å². The summed E-state index contributed by atoms with van der Waals surface area (Å²) in [4.78, 5) is 2.68. The van der Waals surface area contributed by atoms with Crippen LogP contribution in [0.15, 0.2) is 18.2 Å². The molecule has 0 atom stereocenters. The summed E-state index contributed by atoms with van der Waals surface area (Å²) in [6.07, 6.45) is 8.07. The molecule has 0 aliphatic heterocycles. The number of nitrogens with zero attached hydrogens (tertiary/aromatic N) is 1. The second-order valence-electron chi connectivity index (χ2n) is 6.32. The summed E-state index contributed by atoms with van der Waals surface area (Å²) in [7, 11) is 0. The van der Waals surface area contributed by atoms with Crippen LogP contribution in [0.1, 0.15) is 55.2 Å². The molecule has 0 saturated heterocycles. The minimum atomic E-state index is 0.775. The molecule has 1 aromatic carbocycles. The minimum absolute atomic E-state index is 0.775. The molecular weight excluding hydrogens is 244 g/mol. The summed E-state index contributed by atoms with van der Waals surface area (Å²) >= 11 is 0. The van der Waals surface area contributed by atoms with Gasteiger partial charge in [0.25, 0.3) is 0 Å².